The van der Waals surface area contributed by atoms with E-state index in [1.54, 1.807) is 11.3 Å². The highest BCUT2D eigenvalue weighted by molar-refractivity contribution is 7.12. The molecule has 7 heteroatoms. The summed E-state index contributed by atoms with van der Waals surface area (Å²) in [5.74, 6) is 0.208. The van der Waals surface area contributed by atoms with Crippen molar-refractivity contribution in [3.8, 4) is 5.75 Å². The molecule has 0 aliphatic heterocycles. The molecule has 0 bridgehead atoms. The van der Waals surface area contributed by atoms with Gasteiger partial charge in [0.2, 0.25) is 0 Å². The maximum Gasteiger partial charge on any atom is 0.416 e. The average molecular weight is 463 g/mol. The Morgan fingerprint density at radius 2 is 1.84 bits per heavy atom. The molecule has 0 spiro atoms. The molecule has 1 aliphatic rings. The Balaban J connectivity index is 1.62. The fourth-order valence-corrected chi connectivity index (χ4v) is 5.30. The number of thiophene rings is 1. The predicted molar refractivity (Wildman–Crippen MR) is 118 cm³/mol. The van der Waals surface area contributed by atoms with Crippen LogP contribution in [0.15, 0.2) is 51.7 Å². The summed E-state index contributed by atoms with van der Waals surface area (Å²) in [6.07, 6.45) is -1.34. The Bertz CT molecular complexity index is 1140. The van der Waals surface area contributed by atoms with Crippen molar-refractivity contribution in [3.63, 3.8) is 0 Å². The fraction of sp³-hybridized carbons (Fsp3) is 0.400. The Morgan fingerprint density at radius 1 is 1.16 bits per heavy atom. The first-order valence-electron chi connectivity index (χ1n) is 10.8. The molecule has 1 fully saturated rings. The largest absolute Gasteiger partial charge is 0.507 e. The number of rotatable bonds is 7. The van der Waals surface area contributed by atoms with Gasteiger partial charge in [-0.15, -0.1) is 11.3 Å². The van der Waals surface area contributed by atoms with E-state index in [-0.39, 0.29) is 17.6 Å². The minimum atomic E-state index is -4.38. The third kappa shape index (κ3) is 4.77. The fourth-order valence-electron chi connectivity index (χ4n) is 4.22. The van der Waals surface area contributed by atoms with Gasteiger partial charge < -0.3 is 9.52 Å². The van der Waals surface area contributed by atoms with Crippen LogP contribution in [0, 0.1) is 12.8 Å². The lowest BCUT2D eigenvalue weighted by Gasteiger charge is -2.19. The maximum absolute atomic E-state index is 13.0. The highest BCUT2D eigenvalue weighted by atomic mass is 32.1. The summed E-state index contributed by atoms with van der Waals surface area (Å²) in [5, 5.41) is 10.8. The van der Waals surface area contributed by atoms with E-state index in [0.717, 1.165) is 34.7 Å². The van der Waals surface area contributed by atoms with Gasteiger partial charge in [-0.05, 0) is 68.4 Å². The van der Waals surface area contributed by atoms with E-state index < -0.39 is 17.4 Å². The van der Waals surface area contributed by atoms with Gasteiger partial charge in [0.1, 0.15) is 11.5 Å². The number of aryl methyl sites for hydroxylation is 1. The quantitative estimate of drug-likeness (QED) is 0.411. The van der Waals surface area contributed by atoms with Gasteiger partial charge in [0.25, 0.3) is 0 Å². The molecule has 1 N–H and O–H groups in total. The van der Waals surface area contributed by atoms with Crippen molar-refractivity contribution in [2.24, 2.45) is 5.92 Å². The Labute approximate surface area is 188 Å². The molecular formula is C25H25F3O3S. The van der Waals surface area contributed by atoms with Crippen LogP contribution in [0.4, 0.5) is 13.2 Å². The standard InChI is InChI=1S/C25H25F3O3S/c1-3-16(12-15-5-9-18(10-6-15)25(26,27)28)20-13-19(29)23(24(30)31-20)22(17-7-8-17)21-11-4-14(2)32-21/h4-6,9-11,13,16-17,22,29H,3,7-8,12H2,1-2H3. The molecule has 0 amide bonds. The summed E-state index contributed by atoms with van der Waals surface area (Å²) in [7, 11) is 0. The molecule has 0 saturated heterocycles. The first-order valence-corrected chi connectivity index (χ1v) is 11.6. The van der Waals surface area contributed by atoms with Crippen molar-refractivity contribution >= 4 is 11.3 Å². The van der Waals surface area contributed by atoms with E-state index in [4.69, 9.17) is 4.42 Å². The van der Waals surface area contributed by atoms with Crippen LogP contribution >= 0.6 is 11.3 Å². The number of hydrogen-bond acceptors (Lipinski definition) is 4. The average Bonchev–Trinajstić information content (AvgIpc) is 3.48. The monoisotopic (exact) mass is 462 g/mol. The summed E-state index contributed by atoms with van der Waals surface area (Å²) in [6.45, 7) is 3.93. The lowest BCUT2D eigenvalue weighted by molar-refractivity contribution is -0.137. The number of aromatic hydroxyl groups is 1. The summed E-state index contributed by atoms with van der Waals surface area (Å²) >= 11 is 1.62. The van der Waals surface area contributed by atoms with Gasteiger partial charge >= 0.3 is 11.8 Å². The van der Waals surface area contributed by atoms with E-state index in [1.165, 1.54) is 18.2 Å². The normalized spacial score (nSPS) is 16.2. The zero-order valence-corrected chi connectivity index (χ0v) is 18.7. The van der Waals surface area contributed by atoms with E-state index in [2.05, 4.69) is 0 Å². The summed E-state index contributed by atoms with van der Waals surface area (Å²) in [4.78, 5) is 15.2. The molecule has 2 unspecified atom stereocenters. The summed E-state index contributed by atoms with van der Waals surface area (Å²) in [5.41, 5.74) is -0.213. The lowest BCUT2D eigenvalue weighted by atomic mass is 9.90. The van der Waals surface area contributed by atoms with Crippen LogP contribution in [0.3, 0.4) is 0 Å². The molecule has 1 aromatic carbocycles. The molecule has 1 saturated carbocycles. The first kappa shape index (κ1) is 22.6. The van der Waals surface area contributed by atoms with Gasteiger partial charge in [0, 0.05) is 27.7 Å². The molecule has 2 heterocycles. The number of alkyl halides is 3. The molecule has 1 aliphatic carbocycles. The van der Waals surface area contributed by atoms with Gasteiger partial charge in [-0.3, -0.25) is 0 Å². The van der Waals surface area contributed by atoms with Crippen molar-refractivity contribution in [3.05, 3.63) is 85.1 Å². The molecule has 4 rings (SSSR count). The van der Waals surface area contributed by atoms with Crippen LogP contribution in [0.5, 0.6) is 5.75 Å². The van der Waals surface area contributed by atoms with E-state index in [9.17, 15) is 23.1 Å². The van der Waals surface area contributed by atoms with Crippen LogP contribution in [0.25, 0.3) is 0 Å². The zero-order chi connectivity index (χ0) is 23.0. The highest BCUT2D eigenvalue weighted by Gasteiger charge is 2.38. The van der Waals surface area contributed by atoms with E-state index >= 15 is 0 Å². The minimum Gasteiger partial charge on any atom is -0.507 e. The summed E-state index contributed by atoms with van der Waals surface area (Å²) < 4.78 is 44.1. The van der Waals surface area contributed by atoms with E-state index in [1.807, 2.05) is 26.0 Å². The molecule has 3 aromatic rings. The SMILES string of the molecule is CCC(Cc1ccc(C(F)(F)F)cc1)c1cc(O)c(C(c2ccc(C)s2)C2CC2)c(=O)o1. The van der Waals surface area contributed by atoms with E-state index in [0.29, 0.717) is 35.6 Å². The van der Waals surface area contributed by atoms with Crippen molar-refractivity contribution < 1.29 is 22.7 Å². The van der Waals surface area contributed by atoms with Crippen LogP contribution in [-0.4, -0.2) is 5.11 Å². The van der Waals surface area contributed by atoms with Gasteiger partial charge in [-0.25, -0.2) is 4.79 Å². The number of hydrogen-bond donors (Lipinski definition) is 1. The van der Waals surface area contributed by atoms with Crippen LogP contribution < -0.4 is 5.63 Å². The topological polar surface area (TPSA) is 50.4 Å². The second kappa shape index (κ2) is 8.77. The maximum atomic E-state index is 13.0. The lowest BCUT2D eigenvalue weighted by Crippen LogP contribution is -2.17. The third-order valence-electron chi connectivity index (χ3n) is 6.12. The van der Waals surface area contributed by atoms with Crippen molar-refractivity contribution in [1.82, 2.24) is 0 Å². The predicted octanol–water partition coefficient (Wildman–Crippen LogP) is 7.01. The second-order valence-electron chi connectivity index (χ2n) is 8.50. The summed E-state index contributed by atoms with van der Waals surface area (Å²) in [6, 6.07) is 10.5. The highest BCUT2D eigenvalue weighted by Crippen LogP contribution is 2.49. The molecular weight excluding hydrogens is 437 g/mol. The van der Waals surface area contributed by atoms with Crippen molar-refractivity contribution in [2.45, 2.75) is 57.5 Å². The van der Waals surface area contributed by atoms with Gasteiger partial charge in [0.15, 0.2) is 0 Å². The third-order valence-corrected chi connectivity index (χ3v) is 7.20. The second-order valence-corrected chi connectivity index (χ2v) is 9.82. The molecule has 2 atom stereocenters. The molecule has 3 nitrogen and oxygen atoms in total. The smallest absolute Gasteiger partial charge is 0.416 e. The van der Waals surface area contributed by atoms with Crippen molar-refractivity contribution in [2.75, 3.05) is 0 Å². The molecule has 32 heavy (non-hydrogen) atoms. The van der Waals surface area contributed by atoms with Gasteiger partial charge in [-0.1, -0.05) is 19.1 Å². The van der Waals surface area contributed by atoms with Crippen LogP contribution in [-0.2, 0) is 12.6 Å². The molecule has 2 aromatic heterocycles. The number of halogens is 3. The van der Waals surface area contributed by atoms with Gasteiger partial charge in [0.05, 0.1) is 11.1 Å². The Hall–Kier alpha value is -2.54. The van der Waals surface area contributed by atoms with Crippen LogP contribution in [0.2, 0.25) is 0 Å². The first-order chi connectivity index (χ1) is 15.2. The minimum absolute atomic E-state index is 0.0647. The molecule has 0 radical (unpaired) electrons. The Kier molecular flexibility index (Phi) is 6.21. The number of benzene rings is 1. The van der Waals surface area contributed by atoms with Crippen LogP contribution in [0.1, 0.15) is 70.2 Å². The zero-order valence-electron chi connectivity index (χ0n) is 17.9. The van der Waals surface area contributed by atoms with Gasteiger partial charge in [-0.2, -0.15) is 13.2 Å². The molecule has 170 valence electrons. The van der Waals surface area contributed by atoms with Crippen molar-refractivity contribution in [1.29, 1.82) is 0 Å². The Morgan fingerprint density at radius 3 is 2.34 bits per heavy atom.